The number of carbonyl (C=O) groups excluding carboxylic acids is 1. The van der Waals surface area contributed by atoms with Crippen molar-refractivity contribution in [2.24, 2.45) is 5.92 Å². The van der Waals surface area contributed by atoms with Crippen LogP contribution in [0.2, 0.25) is 0 Å². The average Bonchev–Trinajstić information content (AvgIpc) is 3.33. The fourth-order valence-corrected chi connectivity index (χ4v) is 4.07. The van der Waals surface area contributed by atoms with Crippen LogP contribution in [0, 0.1) is 5.92 Å². The molecule has 1 N–H and O–H groups in total. The van der Waals surface area contributed by atoms with Gasteiger partial charge in [-0.15, -0.1) is 10.2 Å². The first kappa shape index (κ1) is 20.7. The normalized spacial score (nSPS) is 14.5. The highest BCUT2D eigenvalue weighted by Gasteiger charge is 2.19. The number of amides is 1. The van der Waals surface area contributed by atoms with Crippen molar-refractivity contribution < 1.29 is 9.53 Å². The van der Waals surface area contributed by atoms with Crippen LogP contribution in [0.4, 0.5) is 0 Å². The second-order valence-corrected chi connectivity index (χ2v) is 8.61. The number of ether oxygens (including phenoxy) is 1. The average molecular weight is 403 g/mol. The first-order valence-corrected chi connectivity index (χ1v) is 11.1. The number of nitrogens with zero attached hydrogens (tertiary/aromatic N) is 3. The Kier molecular flexibility index (Phi) is 7.77. The predicted molar refractivity (Wildman–Crippen MR) is 111 cm³/mol. The van der Waals surface area contributed by atoms with E-state index in [4.69, 9.17) is 4.74 Å². The second kappa shape index (κ2) is 10.5. The van der Waals surface area contributed by atoms with Crippen molar-refractivity contribution in [2.75, 3.05) is 5.75 Å². The van der Waals surface area contributed by atoms with Crippen molar-refractivity contribution in [3.05, 3.63) is 36.2 Å². The van der Waals surface area contributed by atoms with Crippen LogP contribution in [0.25, 0.3) is 0 Å². The fraction of sp³-hybridized carbons (Fsp3) is 0.571. The number of rotatable bonds is 10. The van der Waals surface area contributed by atoms with Crippen molar-refractivity contribution in [3.63, 3.8) is 0 Å². The summed E-state index contributed by atoms with van der Waals surface area (Å²) in [6.07, 6.45) is 5.65. The van der Waals surface area contributed by atoms with Gasteiger partial charge in [-0.05, 0) is 37.3 Å². The molecule has 0 saturated heterocycles. The lowest BCUT2D eigenvalue weighted by Gasteiger charge is -2.13. The lowest BCUT2D eigenvalue weighted by molar-refractivity contribution is -0.119. The third kappa shape index (κ3) is 6.26. The molecule has 1 aliphatic carbocycles. The number of aromatic nitrogens is 3. The quantitative estimate of drug-likeness (QED) is 0.607. The Morgan fingerprint density at radius 2 is 2.00 bits per heavy atom. The molecule has 0 aliphatic heterocycles. The maximum Gasteiger partial charge on any atom is 0.230 e. The van der Waals surface area contributed by atoms with Crippen LogP contribution in [0.3, 0.4) is 0 Å². The van der Waals surface area contributed by atoms with E-state index < -0.39 is 0 Å². The Morgan fingerprint density at radius 3 is 2.71 bits per heavy atom. The lowest BCUT2D eigenvalue weighted by Crippen LogP contribution is -2.33. The molecule has 7 heteroatoms. The van der Waals surface area contributed by atoms with Crippen molar-refractivity contribution in [2.45, 2.75) is 70.3 Å². The van der Waals surface area contributed by atoms with E-state index in [1.165, 1.54) is 24.6 Å². The first-order chi connectivity index (χ1) is 13.6. The summed E-state index contributed by atoms with van der Waals surface area (Å²) in [5.41, 5.74) is 0. The molecule has 1 heterocycles. The van der Waals surface area contributed by atoms with Gasteiger partial charge in [0, 0.05) is 12.6 Å². The summed E-state index contributed by atoms with van der Waals surface area (Å²) < 4.78 is 7.95. The zero-order chi connectivity index (χ0) is 19.8. The van der Waals surface area contributed by atoms with Crippen molar-refractivity contribution >= 4 is 17.7 Å². The Hall–Kier alpha value is -2.02. The van der Waals surface area contributed by atoms with Crippen molar-refractivity contribution in [1.82, 2.24) is 20.1 Å². The van der Waals surface area contributed by atoms with Gasteiger partial charge in [-0.2, -0.15) is 0 Å². The van der Waals surface area contributed by atoms with Gasteiger partial charge in [0.2, 0.25) is 5.91 Å². The van der Waals surface area contributed by atoms with E-state index in [2.05, 4.69) is 33.9 Å². The van der Waals surface area contributed by atoms with Gasteiger partial charge in [0.1, 0.15) is 12.4 Å². The molecular weight excluding hydrogens is 372 g/mol. The molecule has 0 bridgehead atoms. The van der Waals surface area contributed by atoms with Crippen LogP contribution in [0.15, 0.2) is 35.5 Å². The summed E-state index contributed by atoms with van der Waals surface area (Å²) in [5, 5.41) is 12.6. The summed E-state index contributed by atoms with van der Waals surface area (Å²) >= 11 is 1.45. The van der Waals surface area contributed by atoms with Crippen molar-refractivity contribution in [1.29, 1.82) is 0 Å². The van der Waals surface area contributed by atoms with Crippen LogP contribution in [-0.4, -0.2) is 32.5 Å². The second-order valence-electron chi connectivity index (χ2n) is 7.67. The Bertz CT molecular complexity index is 742. The number of nitrogens with one attached hydrogen (secondary N) is 1. The molecule has 1 amide bonds. The van der Waals surface area contributed by atoms with Gasteiger partial charge >= 0.3 is 0 Å². The highest BCUT2D eigenvalue weighted by atomic mass is 32.2. The molecule has 3 rings (SSSR count). The Balaban J connectivity index is 1.60. The molecule has 0 radical (unpaired) electrons. The van der Waals surface area contributed by atoms with Crippen LogP contribution < -0.4 is 10.1 Å². The third-order valence-electron chi connectivity index (χ3n) is 4.89. The highest BCUT2D eigenvalue weighted by Crippen LogP contribution is 2.21. The van der Waals surface area contributed by atoms with E-state index in [-0.39, 0.29) is 5.91 Å². The summed E-state index contributed by atoms with van der Waals surface area (Å²) in [6.45, 7) is 5.59. The van der Waals surface area contributed by atoms with Crippen LogP contribution in [0.5, 0.6) is 5.75 Å². The molecule has 1 aliphatic rings. The summed E-state index contributed by atoms with van der Waals surface area (Å²) in [6, 6.07) is 10.1. The topological polar surface area (TPSA) is 69.0 Å². The molecule has 28 heavy (non-hydrogen) atoms. The van der Waals surface area contributed by atoms with Gasteiger partial charge in [-0.3, -0.25) is 4.79 Å². The van der Waals surface area contributed by atoms with Crippen LogP contribution in [0.1, 0.15) is 51.8 Å². The maximum absolute atomic E-state index is 12.3. The molecule has 1 saturated carbocycles. The zero-order valence-electron chi connectivity index (χ0n) is 16.8. The van der Waals surface area contributed by atoms with Crippen molar-refractivity contribution in [3.8, 4) is 5.75 Å². The minimum absolute atomic E-state index is 0.0809. The van der Waals surface area contributed by atoms with Crippen LogP contribution in [-0.2, 0) is 17.9 Å². The lowest BCUT2D eigenvalue weighted by atomic mass is 10.1. The van der Waals surface area contributed by atoms with Gasteiger partial charge in [0.25, 0.3) is 0 Å². The van der Waals surface area contributed by atoms with E-state index >= 15 is 0 Å². The van der Waals surface area contributed by atoms with E-state index in [0.717, 1.165) is 42.5 Å². The number of hydrogen-bond donors (Lipinski definition) is 1. The molecule has 1 aromatic heterocycles. The number of para-hydroxylation sites is 1. The number of thioether (sulfide) groups is 1. The van der Waals surface area contributed by atoms with E-state index in [1.54, 1.807) is 0 Å². The monoisotopic (exact) mass is 402 g/mol. The predicted octanol–water partition coefficient (Wildman–Crippen LogP) is 4.05. The van der Waals surface area contributed by atoms with Gasteiger partial charge in [-0.25, -0.2) is 0 Å². The molecule has 0 atom stereocenters. The first-order valence-electron chi connectivity index (χ1n) is 10.1. The number of hydrogen-bond acceptors (Lipinski definition) is 5. The molecule has 6 nitrogen and oxygen atoms in total. The molecule has 0 spiro atoms. The smallest absolute Gasteiger partial charge is 0.230 e. The summed E-state index contributed by atoms with van der Waals surface area (Å²) in [4.78, 5) is 12.3. The van der Waals surface area contributed by atoms with Gasteiger partial charge in [-0.1, -0.05) is 56.7 Å². The van der Waals surface area contributed by atoms with E-state index in [1.807, 2.05) is 30.3 Å². The summed E-state index contributed by atoms with van der Waals surface area (Å²) in [5.74, 6) is 2.64. The van der Waals surface area contributed by atoms with Gasteiger partial charge in [0.05, 0.1) is 5.75 Å². The standard InChI is InChI=1S/C21H30N4O2S/c1-16(2)12-13-25-19(14-27-18-10-4-3-5-11-18)23-24-21(25)28-15-20(26)22-17-8-6-7-9-17/h3-5,10-11,16-17H,6-9,12-15H2,1-2H3,(H,22,26). The number of carbonyl (C=O) groups is 1. The SMILES string of the molecule is CC(C)CCn1c(COc2ccccc2)nnc1SCC(=O)NC1CCCC1. The van der Waals surface area contributed by atoms with E-state index in [9.17, 15) is 4.79 Å². The van der Waals surface area contributed by atoms with Gasteiger partial charge < -0.3 is 14.6 Å². The maximum atomic E-state index is 12.3. The largest absolute Gasteiger partial charge is 0.486 e. The third-order valence-corrected chi connectivity index (χ3v) is 5.85. The Morgan fingerprint density at radius 1 is 1.25 bits per heavy atom. The van der Waals surface area contributed by atoms with Gasteiger partial charge in [0.15, 0.2) is 11.0 Å². The van der Waals surface area contributed by atoms with E-state index in [0.29, 0.717) is 24.3 Å². The van der Waals surface area contributed by atoms with Crippen LogP contribution >= 0.6 is 11.8 Å². The molecular formula is C21H30N4O2S. The highest BCUT2D eigenvalue weighted by molar-refractivity contribution is 7.99. The fourth-order valence-electron chi connectivity index (χ4n) is 3.28. The molecule has 152 valence electrons. The minimum atomic E-state index is 0.0809. The summed E-state index contributed by atoms with van der Waals surface area (Å²) in [7, 11) is 0. The zero-order valence-corrected chi connectivity index (χ0v) is 17.6. The molecule has 0 unspecified atom stereocenters. The minimum Gasteiger partial charge on any atom is -0.486 e. The molecule has 1 fully saturated rings. The molecule has 2 aromatic rings. The molecule has 1 aromatic carbocycles. The number of benzene rings is 1. The Labute approximate surface area is 171 Å².